The molecule has 1 aliphatic rings. The molecule has 0 fully saturated rings. The summed E-state index contributed by atoms with van der Waals surface area (Å²) in [7, 11) is 1.37. The first kappa shape index (κ1) is 10.5. The van der Waals surface area contributed by atoms with Gasteiger partial charge in [0, 0.05) is 18.3 Å². The fraction of sp³-hybridized carbons (Fsp3) is 0.154. The van der Waals surface area contributed by atoms with Crippen molar-refractivity contribution in [3.63, 3.8) is 0 Å². The van der Waals surface area contributed by atoms with Crippen molar-refractivity contribution in [2.75, 3.05) is 7.11 Å². The summed E-state index contributed by atoms with van der Waals surface area (Å²) in [4.78, 5) is 12.6. The van der Waals surface area contributed by atoms with Crippen LogP contribution < -0.4 is 0 Å². The molecule has 0 N–H and O–H groups in total. The molecule has 0 saturated carbocycles. The minimum Gasteiger partial charge on any atom is -0.452 e. The van der Waals surface area contributed by atoms with E-state index >= 15 is 0 Å². The van der Waals surface area contributed by atoms with E-state index in [2.05, 4.69) is 16.9 Å². The third-order valence-electron chi connectivity index (χ3n) is 2.48. The summed E-state index contributed by atoms with van der Waals surface area (Å²) in [6, 6.07) is 10.1. The van der Waals surface area contributed by atoms with Crippen molar-refractivity contribution < 1.29 is 9.53 Å². The van der Waals surface area contributed by atoms with Gasteiger partial charge < -0.3 is 4.74 Å². The number of hydrogen-bond acceptors (Lipinski definition) is 2. The normalized spacial score (nSPS) is 15.2. The number of hydrogen-bond donors (Lipinski definition) is 0. The predicted octanol–water partition coefficient (Wildman–Crippen LogP) is 2.88. The Kier molecular flexibility index (Phi) is 3.05. The topological polar surface area (TPSA) is 29.5 Å². The van der Waals surface area contributed by atoms with Gasteiger partial charge in [0.2, 0.25) is 0 Å². The fourth-order valence-corrected chi connectivity index (χ4v) is 1.61. The van der Waals surface area contributed by atoms with E-state index in [-0.39, 0.29) is 12.0 Å². The van der Waals surface area contributed by atoms with Crippen LogP contribution in [0.3, 0.4) is 0 Å². The second kappa shape index (κ2) is 4.66. The molecule has 1 amide bonds. The van der Waals surface area contributed by atoms with Crippen LogP contribution in [0.5, 0.6) is 0 Å². The van der Waals surface area contributed by atoms with Gasteiger partial charge in [0.15, 0.2) is 0 Å². The summed E-state index contributed by atoms with van der Waals surface area (Å²) in [5.74, 6) is 0.224. The SMILES string of the molecule is COC(=O)N1C=CC(c2ccccc2)C=C1. The van der Waals surface area contributed by atoms with Gasteiger partial charge in [-0.05, 0) is 5.56 Å². The van der Waals surface area contributed by atoms with Gasteiger partial charge >= 0.3 is 6.09 Å². The summed E-state index contributed by atoms with van der Waals surface area (Å²) in [6.45, 7) is 0. The highest BCUT2D eigenvalue weighted by atomic mass is 16.5. The predicted molar refractivity (Wildman–Crippen MR) is 61.7 cm³/mol. The van der Waals surface area contributed by atoms with Crippen LogP contribution in [0.4, 0.5) is 4.79 Å². The maximum atomic E-state index is 11.2. The molecular weight excluding hydrogens is 202 g/mol. The Morgan fingerprint density at radius 2 is 1.81 bits per heavy atom. The molecule has 0 saturated heterocycles. The number of methoxy groups -OCH3 is 1. The van der Waals surface area contributed by atoms with E-state index < -0.39 is 0 Å². The summed E-state index contributed by atoms with van der Waals surface area (Å²) in [5.41, 5.74) is 1.21. The van der Waals surface area contributed by atoms with Crippen molar-refractivity contribution in [2.24, 2.45) is 0 Å². The third kappa shape index (κ3) is 2.14. The van der Waals surface area contributed by atoms with Gasteiger partial charge in [-0.3, -0.25) is 4.90 Å². The standard InChI is InChI=1S/C13H13NO2/c1-16-13(15)14-9-7-12(8-10-14)11-5-3-2-4-6-11/h2-10,12H,1H3. The average molecular weight is 215 g/mol. The molecule has 2 rings (SSSR count). The van der Waals surface area contributed by atoms with E-state index in [0.717, 1.165) is 0 Å². The number of ether oxygens (including phenoxy) is 1. The Hall–Kier alpha value is -2.03. The van der Waals surface area contributed by atoms with Crippen LogP contribution in [-0.4, -0.2) is 18.1 Å². The van der Waals surface area contributed by atoms with E-state index in [4.69, 9.17) is 0 Å². The lowest BCUT2D eigenvalue weighted by molar-refractivity contribution is 0.151. The van der Waals surface area contributed by atoms with Crippen molar-refractivity contribution in [3.05, 3.63) is 60.4 Å². The average Bonchev–Trinajstić information content (AvgIpc) is 2.39. The molecule has 3 nitrogen and oxygen atoms in total. The lowest BCUT2D eigenvalue weighted by atomic mass is 9.98. The van der Waals surface area contributed by atoms with Crippen LogP contribution in [0.25, 0.3) is 0 Å². The highest BCUT2D eigenvalue weighted by Crippen LogP contribution is 2.22. The van der Waals surface area contributed by atoms with Crippen LogP contribution in [0.1, 0.15) is 11.5 Å². The maximum Gasteiger partial charge on any atom is 0.417 e. The molecule has 16 heavy (non-hydrogen) atoms. The zero-order valence-electron chi connectivity index (χ0n) is 9.04. The van der Waals surface area contributed by atoms with Gasteiger partial charge in [-0.25, -0.2) is 4.79 Å². The largest absolute Gasteiger partial charge is 0.452 e. The van der Waals surface area contributed by atoms with Gasteiger partial charge in [-0.2, -0.15) is 0 Å². The Balaban J connectivity index is 2.10. The van der Waals surface area contributed by atoms with Gasteiger partial charge in [0.1, 0.15) is 0 Å². The van der Waals surface area contributed by atoms with Crippen molar-refractivity contribution in [3.8, 4) is 0 Å². The molecule has 0 spiro atoms. The molecule has 0 bridgehead atoms. The monoisotopic (exact) mass is 215 g/mol. The van der Waals surface area contributed by atoms with E-state index in [1.165, 1.54) is 17.6 Å². The second-order valence-corrected chi connectivity index (χ2v) is 3.50. The number of carbonyl (C=O) groups excluding carboxylic acids is 1. The van der Waals surface area contributed by atoms with Crippen LogP contribution in [-0.2, 0) is 4.74 Å². The Morgan fingerprint density at radius 1 is 1.19 bits per heavy atom. The first-order valence-corrected chi connectivity index (χ1v) is 5.09. The zero-order chi connectivity index (χ0) is 11.4. The van der Waals surface area contributed by atoms with Crippen molar-refractivity contribution in [2.45, 2.75) is 5.92 Å². The van der Waals surface area contributed by atoms with Crippen molar-refractivity contribution in [1.82, 2.24) is 4.90 Å². The summed E-state index contributed by atoms with van der Waals surface area (Å²) < 4.78 is 4.62. The number of allylic oxidation sites excluding steroid dienone is 2. The summed E-state index contributed by atoms with van der Waals surface area (Å²) >= 11 is 0. The highest BCUT2D eigenvalue weighted by Gasteiger charge is 2.13. The Morgan fingerprint density at radius 3 is 2.38 bits per heavy atom. The molecule has 0 aliphatic carbocycles. The number of amides is 1. The van der Waals surface area contributed by atoms with Crippen LogP contribution in [0, 0.1) is 0 Å². The molecule has 1 aliphatic heterocycles. The van der Waals surface area contributed by atoms with Crippen molar-refractivity contribution >= 4 is 6.09 Å². The lowest BCUT2D eigenvalue weighted by Crippen LogP contribution is -2.21. The fourth-order valence-electron chi connectivity index (χ4n) is 1.61. The first-order valence-electron chi connectivity index (χ1n) is 5.09. The van der Waals surface area contributed by atoms with Crippen molar-refractivity contribution in [1.29, 1.82) is 0 Å². The summed E-state index contributed by atoms with van der Waals surface area (Å²) in [5, 5.41) is 0. The van der Waals surface area contributed by atoms with Crippen LogP contribution in [0.15, 0.2) is 54.9 Å². The molecule has 82 valence electrons. The molecule has 1 aromatic rings. The van der Waals surface area contributed by atoms with Gasteiger partial charge in [-0.1, -0.05) is 42.5 Å². The van der Waals surface area contributed by atoms with E-state index in [9.17, 15) is 4.79 Å². The van der Waals surface area contributed by atoms with Crippen LogP contribution in [0.2, 0.25) is 0 Å². The maximum absolute atomic E-state index is 11.2. The number of nitrogens with zero attached hydrogens (tertiary/aromatic N) is 1. The van der Waals surface area contributed by atoms with E-state index in [0.29, 0.717) is 0 Å². The zero-order valence-corrected chi connectivity index (χ0v) is 9.04. The number of carbonyl (C=O) groups is 1. The Labute approximate surface area is 94.6 Å². The first-order chi connectivity index (χ1) is 7.81. The minimum atomic E-state index is -0.376. The van der Waals surface area contributed by atoms with E-state index in [1.54, 1.807) is 12.4 Å². The quantitative estimate of drug-likeness (QED) is 0.720. The molecule has 0 radical (unpaired) electrons. The molecule has 0 unspecified atom stereocenters. The van der Waals surface area contributed by atoms with Gasteiger partial charge in [0.05, 0.1) is 7.11 Å². The molecule has 0 atom stereocenters. The van der Waals surface area contributed by atoms with E-state index in [1.807, 2.05) is 30.4 Å². The minimum absolute atomic E-state index is 0.224. The Bertz CT molecular complexity index is 409. The molecule has 3 heteroatoms. The smallest absolute Gasteiger partial charge is 0.417 e. The summed E-state index contributed by atoms with van der Waals surface area (Å²) in [6.07, 6.45) is 7.00. The lowest BCUT2D eigenvalue weighted by Gasteiger charge is -2.18. The van der Waals surface area contributed by atoms with Gasteiger partial charge in [-0.15, -0.1) is 0 Å². The van der Waals surface area contributed by atoms with Gasteiger partial charge in [0.25, 0.3) is 0 Å². The molecule has 1 heterocycles. The van der Waals surface area contributed by atoms with Crippen LogP contribution >= 0.6 is 0 Å². The second-order valence-electron chi connectivity index (χ2n) is 3.50. The molecule has 1 aromatic carbocycles. The number of benzene rings is 1. The molecular formula is C13H13NO2. The molecule has 0 aromatic heterocycles. The number of rotatable bonds is 1. The third-order valence-corrected chi connectivity index (χ3v) is 2.48. The highest BCUT2D eigenvalue weighted by molar-refractivity contribution is 5.70.